The molecule has 0 aliphatic rings. The lowest BCUT2D eigenvalue weighted by Gasteiger charge is -2.22. The molecule has 1 aromatic carbocycles. The standard InChI is InChI=1S/C12H17BrFNOS/c1-8(15-17(16)12(2,3)4)9-6-5-7-10(13)11(9)14/h5-8,15H,1-4H3. The molecule has 0 amide bonds. The summed E-state index contributed by atoms with van der Waals surface area (Å²) in [6, 6.07) is 4.80. The summed E-state index contributed by atoms with van der Waals surface area (Å²) >= 11 is 3.14. The molecule has 0 bridgehead atoms. The van der Waals surface area contributed by atoms with E-state index in [0.29, 0.717) is 10.0 Å². The van der Waals surface area contributed by atoms with Gasteiger partial charge in [-0.1, -0.05) is 12.1 Å². The van der Waals surface area contributed by atoms with Gasteiger partial charge in [-0.05, 0) is 49.7 Å². The van der Waals surface area contributed by atoms with Gasteiger partial charge < -0.3 is 0 Å². The van der Waals surface area contributed by atoms with Crippen molar-refractivity contribution in [3.63, 3.8) is 0 Å². The second-order valence-corrected chi connectivity index (χ2v) is 7.72. The molecular weight excluding hydrogens is 305 g/mol. The van der Waals surface area contributed by atoms with Crippen LogP contribution in [0.1, 0.15) is 39.3 Å². The number of rotatable bonds is 3. The maximum atomic E-state index is 13.8. The van der Waals surface area contributed by atoms with Crippen molar-refractivity contribution in [3.05, 3.63) is 34.1 Å². The van der Waals surface area contributed by atoms with Crippen LogP contribution in [0.2, 0.25) is 0 Å². The highest BCUT2D eigenvalue weighted by molar-refractivity contribution is 9.10. The van der Waals surface area contributed by atoms with Crippen molar-refractivity contribution in [3.8, 4) is 0 Å². The van der Waals surface area contributed by atoms with Gasteiger partial charge in [-0.15, -0.1) is 0 Å². The molecule has 0 spiro atoms. The highest BCUT2D eigenvalue weighted by Crippen LogP contribution is 2.24. The maximum Gasteiger partial charge on any atom is 0.142 e. The fourth-order valence-electron chi connectivity index (χ4n) is 1.26. The molecule has 0 fully saturated rings. The molecule has 17 heavy (non-hydrogen) atoms. The molecule has 2 nitrogen and oxygen atoms in total. The molecular formula is C12H17BrFNOS. The van der Waals surface area contributed by atoms with Crippen LogP contribution in [0.4, 0.5) is 4.39 Å². The minimum absolute atomic E-state index is 0.299. The zero-order valence-electron chi connectivity index (χ0n) is 10.4. The third-order valence-corrected chi connectivity index (χ3v) is 4.58. The van der Waals surface area contributed by atoms with E-state index in [9.17, 15) is 8.60 Å². The van der Waals surface area contributed by atoms with Gasteiger partial charge in [0.25, 0.3) is 0 Å². The number of hydrogen-bond donors (Lipinski definition) is 1. The SMILES string of the molecule is CC(NS(=O)C(C)(C)C)c1cccc(Br)c1F. The van der Waals surface area contributed by atoms with Gasteiger partial charge in [-0.25, -0.2) is 13.3 Å². The number of halogens is 2. The minimum atomic E-state index is -1.21. The van der Waals surface area contributed by atoms with Crippen LogP contribution in [0.3, 0.4) is 0 Å². The van der Waals surface area contributed by atoms with Crippen LogP contribution in [0.25, 0.3) is 0 Å². The largest absolute Gasteiger partial charge is 0.242 e. The Morgan fingerprint density at radius 2 is 2.00 bits per heavy atom. The summed E-state index contributed by atoms with van der Waals surface area (Å²) in [6.45, 7) is 7.43. The van der Waals surface area contributed by atoms with Crippen LogP contribution in [-0.2, 0) is 11.0 Å². The lowest BCUT2D eigenvalue weighted by atomic mass is 10.1. The third kappa shape index (κ3) is 3.86. The smallest absolute Gasteiger partial charge is 0.142 e. The van der Waals surface area contributed by atoms with E-state index in [1.165, 1.54) is 0 Å². The first-order chi connectivity index (χ1) is 7.73. The lowest BCUT2D eigenvalue weighted by Crippen LogP contribution is -2.35. The quantitative estimate of drug-likeness (QED) is 0.903. The first kappa shape index (κ1) is 14.8. The van der Waals surface area contributed by atoms with E-state index in [2.05, 4.69) is 20.7 Å². The summed E-state index contributed by atoms with van der Waals surface area (Å²) in [5.74, 6) is -0.307. The van der Waals surface area contributed by atoms with Gasteiger partial charge in [-0.2, -0.15) is 0 Å². The van der Waals surface area contributed by atoms with E-state index >= 15 is 0 Å². The summed E-state index contributed by atoms with van der Waals surface area (Å²) in [7, 11) is -1.21. The predicted molar refractivity (Wildman–Crippen MR) is 73.5 cm³/mol. The number of hydrogen-bond acceptors (Lipinski definition) is 1. The van der Waals surface area contributed by atoms with Crippen LogP contribution in [0.15, 0.2) is 22.7 Å². The van der Waals surface area contributed by atoms with Gasteiger partial charge >= 0.3 is 0 Å². The van der Waals surface area contributed by atoms with E-state index in [4.69, 9.17) is 0 Å². The summed E-state index contributed by atoms with van der Waals surface area (Å²) in [6.07, 6.45) is 0. The Labute approximate surface area is 113 Å². The molecule has 1 rings (SSSR count). The molecule has 5 heteroatoms. The Morgan fingerprint density at radius 1 is 1.41 bits per heavy atom. The summed E-state index contributed by atoms with van der Waals surface area (Å²) in [5, 5.41) is 0. The number of benzene rings is 1. The zero-order chi connectivity index (χ0) is 13.2. The molecule has 0 heterocycles. The Kier molecular flexibility index (Phi) is 4.86. The van der Waals surface area contributed by atoms with Crippen LogP contribution in [0.5, 0.6) is 0 Å². The summed E-state index contributed by atoms with van der Waals surface area (Å²) < 4.78 is 28.7. The molecule has 1 aromatic rings. The zero-order valence-corrected chi connectivity index (χ0v) is 12.8. The third-order valence-electron chi connectivity index (χ3n) is 2.29. The van der Waals surface area contributed by atoms with Crippen LogP contribution in [-0.4, -0.2) is 8.96 Å². The van der Waals surface area contributed by atoms with Crippen LogP contribution in [0, 0.1) is 5.82 Å². The highest BCUT2D eigenvalue weighted by atomic mass is 79.9. The molecule has 0 aromatic heterocycles. The van der Waals surface area contributed by atoms with Gasteiger partial charge in [-0.3, -0.25) is 0 Å². The lowest BCUT2D eigenvalue weighted by molar-refractivity contribution is 0.567. The first-order valence-corrected chi connectivity index (χ1v) is 7.29. The van der Waals surface area contributed by atoms with Gasteiger partial charge in [0, 0.05) is 11.6 Å². The number of nitrogens with one attached hydrogen (secondary N) is 1. The van der Waals surface area contributed by atoms with Crippen molar-refractivity contribution in [2.75, 3.05) is 0 Å². The molecule has 1 N–H and O–H groups in total. The Balaban J connectivity index is 2.88. The molecule has 0 aliphatic carbocycles. The fraction of sp³-hybridized carbons (Fsp3) is 0.500. The molecule has 2 atom stereocenters. The average molecular weight is 322 g/mol. The molecule has 0 aliphatic heterocycles. The summed E-state index contributed by atoms with van der Waals surface area (Å²) in [5.41, 5.74) is 0.511. The average Bonchev–Trinajstić information content (AvgIpc) is 2.20. The molecule has 0 saturated heterocycles. The van der Waals surface area contributed by atoms with E-state index < -0.39 is 11.0 Å². The van der Waals surface area contributed by atoms with E-state index in [1.54, 1.807) is 25.1 Å². The molecule has 0 saturated carbocycles. The first-order valence-electron chi connectivity index (χ1n) is 5.35. The normalized spacial score (nSPS) is 15.6. The van der Waals surface area contributed by atoms with E-state index in [0.717, 1.165) is 0 Å². The predicted octanol–water partition coefficient (Wildman–Crippen LogP) is 3.70. The molecule has 0 radical (unpaired) electrons. The van der Waals surface area contributed by atoms with Gasteiger partial charge in [0.1, 0.15) is 5.82 Å². The second-order valence-electron chi connectivity index (χ2n) is 4.86. The molecule has 96 valence electrons. The summed E-state index contributed by atoms with van der Waals surface area (Å²) in [4.78, 5) is 0. The monoisotopic (exact) mass is 321 g/mol. The molecule has 2 unspecified atom stereocenters. The van der Waals surface area contributed by atoms with Crippen molar-refractivity contribution in [1.82, 2.24) is 4.72 Å². The van der Waals surface area contributed by atoms with Gasteiger partial charge in [0.05, 0.1) is 20.2 Å². The van der Waals surface area contributed by atoms with Gasteiger partial charge in [0.15, 0.2) is 0 Å². The Morgan fingerprint density at radius 3 is 2.53 bits per heavy atom. The van der Waals surface area contributed by atoms with Crippen molar-refractivity contribution < 1.29 is 8.60 Å². The van der Waals surface area contributed by atoms with Crippen molar-refractivity contribution in [2.45, 2.75) is 38.5 Å². The van der Waals surface area contributed by atoms with Crippen molar-refractivity contribution >= 4 is 26.9 Å². The van der Waals surface area contributed by atoms with Gasteiger partial charge in [0.2, 0.25) is 0 Å². The van der Waals surface area contributed by atoms with E-state index in [1.807, 2.05) is 20.8 Å². The topological polar surface area (TPSA) is 29.1 Å². The van der Waals surface area contributed by atoms with E-state index in [-0.39, 0.29) is 16.6 Å². The van der Waals surface area contributed by atoms with Crippen molar-refractivity contribution in [1.29, 1.82) is 0 Å². The van der Waals surface area contributed by atoms with Crippen LogP contribution < -0.4 is 4.72 Å². The highest BCUT2D eigenvalue weighted by Gasteiger charge is 2.23. The Hall–Kier alpha value is -0.260. The minimum Gasteiger partial charge on any atom is -0.242 e. The Bertz CT molecular complexity index is 431. The maximum absolute atomic E-state index is 13.8. The van der Waals surface area contributed by atoms with Crippen molar-refractivity contribution in [2.24, 2.45) is 0 Å². The van der Waals surface area contributed by atoms with Crippen LogP contribution >= 0.6 is 15.9 Å². The second kappa shape index (κ2) is 5.59. The fourth-order valence-corrected chi connectivity index (χ4v) is 2.44.